The van der Waals surface area contributed by atoms with Crippen LogP contribution < -0.4 is 0 Å². The fourth-order valence-corrected chi connectivity index (χ4v) is 0. The maximum Gasteiger partial charge on any atom is 0.314 e. The van der Waals surface area contributed by atoms with Crippen LogP contribution in [-0.4, -0.2) is 21.1 Å². The van der Waals surface area contributed by atoms with E-state index in [1.807, 2.05) is 0 Å². The second kappa shape index (κ2) is 8.10. The van der Waals surface area contributed by atoms with Gasteiger partial charge in [-0.25, -0.2) is 0 Å². The monoisotopic (exact) mass is 260 g/mol. The number of hydrogen-bond donors (Lipinski definition) is 1. The molecule has 0 heterocycles. The Labute approximate surface area is 69.7 Å². The molecular weight excluding hydrogens is 256 g/mol. The minimum Gasteiger partial charge on any atom is -0.481 e. The van der Waals surface area contributed by atoms with Crippen LogP contribution in [0.15, 0.2) is 0 Å². The van der Waals surface area contributed by atoms with Crippen LogP contribution in [0.3, 0.4) is 0 Å². The lowest BCUT2D eigenvalue weighted by atomic mass is 10.8. The van der Waals surface area contributed by atoms with Gasteiger partial charge in [0.1, 0.15) is 5.33 Å². The van der Waals surface area contributed by atoms with Gasteiger partial charge in [-0.1, -0.05) is 15.9 Å². The van der Waals surface area contributed by atoms with E-state index in [2.05, 4.69) is 31.9 Å². The number of carboxylic acids is 1. The van der Waals surface area contributed by atoms with Crippen LogP contribution in [0.2, 0.25) is 0 Å². The summed E-state index contributed by atoms with van der Waals surface area (Å²) in [7, 11) is 0. The lowest BCUT2D eigenvalue weighted by Crippen LogP contribution is -1.92. The maximum absolute atomic E-state index is 9.36. The summed E-state index contributed by atoms with van der Waals surface area (Å²) >= 11 is 5.35. The van der Waals surface area contributed by atoms with Crippen molar-refractivity contribution >= 4 is 42.5 Å². The van der Waals surface area contributed by atoms with E-state index in [4.69, 9.17) is 5.11 Å². The number of carbonyl (C=O) groups excluding carboxylic acids is 1. The van der Waals surface area contributed by atoms with Gasteiger partial charge in [-0.2, -0.15) is 0 Å². The number of halogens is 2. The average Bonchev–Trinajstić information content (AvgIpc) is 1.65. The number of carboxylic acid groups (broad SMARTS) is 1. The average molecular weight is 262 g/mol. The second-order valence-electron chi connectivity index (χ2n) is 0.998. The molecule has 0 rings (SSSR count). The summed E-state index contributed by atoms with van der Waals surface area (Å²) in [5.74, 6) is -0.829. The van der Waals surface area contributed by atoms with Crippen molar-refractivity contribution < 1.29 is 14.7 Å². The molecule has 0 radical (unpaired) electrons. The van der Waals surface area contributed by atoms with E-state index in [9.17, 15) is 9.59 Å². The maximum atomic E-state index is 9.36. The molecule has 0 atom stereocenters. The quantitative estimate of drug-likeness (QED) is 0.573. The molecule has 0 spiro atoms. The Morgan fingerprint density at radius 3 is 1.67 bits per heavy atom. The topological polar surface area (TPSA) is 54.4 Å². The van der Waals surface area contributed by atoms with Gasteiger partial charge in [0.15, 0.2) is 4.69 Å². The molecule has 0 aromatic rings. The predicted octanol–water partition coefficient (Wildman–Crippen LogP) is 1.39. The molecule has 0 aromatic carbocycles. The van der Waals surface area contributed by atoms with Crippen molar-refractivity contribution in [3.63, 3.8) is 0 Å². The summed E-state index contributed by atoms with van der Waals surface area (Å²) in [6.45, 7) is 1.44. The van der Waals surface area contributed by atoms with Crippen molar-refractivity contribution in [2.45, 2.75) is 6.92 Å². The van der Waals surface area contributed by atoms with Crippen LogP contribution >= 0.6 is 31.9 Å². The zero-order valence-electron chi connectivity index (χ0n) is 4.73. The SMILES string of the molecule is CC(=O)Br.O=C(O)CBr. The molecule has 9 heavy (non-hydrogen) atoms. The lowest BCUT2D eigenvalue weighted by Gasteiger charge is -1.70. The van der Waals surface area contributed by atoms with Crippen molar-refractivity contribution in [3.8, 4) is 0 Å². The molecule has 0 saturated heterocycles. The van der Waals surface area contributed by atoms with Gasteiger partial charge < -0.3 is 5.11 Å². The Balaban J connectivity index is 0. The molecule has 0 bridgehead atoms. The van der Waals surface area contributed by atoms with Crippen LogP contribution in [0.4, 0.5) is 0 Å². The van der Waals surface area contributed by atoms with E-state index >= 15 is 0 Å². The Morgan fingerprint density at radius 1 is 1.56 bits per heavy atom. The normalized spacial score (nSPS) is 7.00. The third-order valence-corrected chi connectivity index (χ3v) is 0.594. The highest BCUT2D eigenvalue weighted by molar-refractivity contribution is 9.18. The zero-order chi connectivity index (χ0) is 7.86. The minimum atomic E-state index is -0.829. The van der Waals surface area contributed by atoms with Gasteiger partial charge >= 0.3 is 5.97 Å². The molecule has 0 amide bonds. The minimum absolute atomic E-state index is 0.0208. The Kier molecular flexibility index (Phi) is 10.7. The van der Waals surface area contributed by atoms with E-state index in [0.29, 0.717) is 0 Å². The molecule has 0 aliphatic rings. The molecule has 0 aliphatic heterocycles. The van der Waals surface area contributed by atoms with Crippen LogP contribution in [-0.2, 0) is 9.59 Å². The van der Waals surface area contributed by atoms with Crippen molar-refractivity contribution in [1.29, 1.82) is 0 Å². The Hall–Kier alpha value is 0.1000. The molecule has 5 heteroatoms. The zero-order valence-corrected chi connectivity index (χ0v) is 7.90. The second-order valence-corrected chi connectivity index (χ2v) is 2.68. The van der Waals surface area contributed by atoms with Gasteiger partial charge in [0.25, 0.3) is 0 Å². The summed E-state index contributed by atoms with van der Waals surface area (Å²) in [5.41, 5.74) is 0. The first-order valence-corrected chi connectivity index (χ1v) is 3.86. The number of hydrogen-bond acceptors (Lipinski definition) is 2. The number of alkyl halides is 1. The predicted molar refractivity (Wildman–Crippen MR) is 41.0 cm³/mol. The fraction of sp³-hybridized carbons (Fsp3) is 0.500. The molecular formula is C4H6Br2O3. The summed E-state index contributed by atoms with van der Waals surface area (Å²) in [6, 6.07) is 0. The Bertz CT molecular complexity index is 98.0. The van der Waals surface area contributed by atoms with E-state index < -0.39 is 5.97 Å². The standard InChI is InChI=1S/C2H3BrO2.C2H3BrO/c3-1-2(4)5;1-2(3)4/h1H2,(H,4,5);1H3. The smallest absolute Gasteiger partial charge is 0.314 e. The van der Waals surface area contributed by atoms with Crippen molar-refractivity contribution in [2.75, 3.05) is 5.33 Å². The van der Waals surface area contributed by atoms with E-state index in [1.54, 1.807) is 0 Å². The molecule has 0 saturated carbocycles. The first kappa shape index (κ1) is 11.8. The largest absolute Gasteiger partial charge is 0.481 e. The highest BCUT2D eigenvalue weighted by Crippen LogP contribution is 1.74. The van der Waals surface area contributed by atoms with E-state index in [0.717, 1.165) is 0 Å². The van der Waals surface area contributed by atoms with Gasteiger partial charge in [-0.15, -0.1) is 0 Å². The molecule has 54 valence electrons. The van der Waals surface area contributed by atoms with Crippen LogP contribution in [0.1, 0.15) is 6.92 Å². The Morgan fingerprint density at radius 2 is 1.67 bits per heavy atom. The van der Waals surface area contributed by atoms with Gasteiger partial charge in [-0.05, 0) is 15.9 Å². The summed E-state index contributed by atoms with van der Waals surface area (Å²) in [6.07, 6.45) is 0. The molecule has 0 fully saturated rings. The van der Waals surface area contributed by atoms with Crippen LogP contribution in [0, 0.1) is 0 Å². The third-order valence-electron chi connectivity index (χ3n) is 0.114. The van der Waals surface area contributed by atoms with Crippen LogP contribution in [0.25, 0.3) is 0 Å². The number of carbonyl (C=O) groups is 2. The van der Waals surface area contributed by atoms with Gasteiger partial charge in [0.2, 0.25) is 0 Å². The van der Waals surface area contributed by atoms with E-state index in [-0.39, 0.29) is 10.0 Å². The van der Waals surface area contributed by atoms with E-state index in [1.165, 1.54) is 6.92 Å². The van der Waals surface area contributed by atoms with Gasteiger partial charge in [-0.3, -0.25) is 9.59 Å². The van der Waals surface area contributed by atoms with Crippen LogP contribution in [0.5, 0.6) is 0 Å². The molecule has 0 aromatic heterocycles. The number of rotatable bonds is 1. The lowest BCUT2D eigenvalue weighted by molar-refractivity contribution is -0.133. The van der Waals surface area contributed by atoms with Crippen molar-refractivity contribution in [3.05, 3.63) is 0 Å². The van der Waals surface area contributed by atoms with Crippen molar-refractivity contribution in [1.82, 2.24) is 0 Å². The van der Waals surface area contributed by atoms with Gasteiger partial charge in [0.05, 0.1) is 0 Å². The fourth-order valence-electron chi connectivity index (χ4n) is 0. The third kappa shape index (κ3) is 68.3. The number of aliphatic carboxylic acids is 1. The summed E-state index contributed by atoms with van der Waals surface area (Å²) in [4.78, 5) is 18.7. The molecule has 3 nitrogen and oxygen atoms in total. The molecule has 1 N–H and O–H groups in total. The molecule has 0 unspecified atom stereocenters. The highest BCUT2D eigenvalue weighted by Gasteiger charge is 1.83. The first-order chi connectivity index (χ1) is 4.00. The highest BCUT2D eigenvalue weighted by atomic mass is 79.9. The van der Waals surface area contributed by atoms with Gasteiger partial charge in [0, 0.05) is 6.92 Å². The first-order valence-electron chi connectivity index (χ1n) is 1.94. The molecule has 0 aliphatic carbocycles. The summed E-state index contributed by atoms with van der Waals surface area (Å²) < 4.78 is -0.0208. The summed E-state index contributed by atoms with van der Waals surface area (Å²) in [5, 5.41) is 7.71. The van der Waals surface area contributed by atoms with Crippen molar-refractivity contribution in [2.24, 2.45) is 0 Å².